The molecule has 0 aliphatic heterocycles. The van der Waals surface area contributed by atoms with Crippen LogP contribution < -0.4 is 4.90 Å². The average Bonchev–Trinajstić information content (AvgIpc) is 3.82. The van der Waals surface area contributed by atoms with Gasteiger partial charge in [-0.2, -0.15) is 0 Å². The summed E-state index contributed by atoms with van der Waals surface area (Å²) in [6.07, 6.45) is 13.6. The molecule has 5 fully saturated rings. The smallest absolute Gasteiger partial charge is 0.0476 e. The van der Waals surface area contributed by atoms with Gasteiger partial charge in [0, 0.05) is 48.1 Å². The molecule has 2 spiro atoms. The van der Waals surface area contributed by atoms with Gasteiger partial charge in [-0.05, 0) is 156 Å². The number of fused-ring (bicyclic) bond motifs is 11. The van der Waals surface area contributed by atoms with E-state index in [1.54, 1.807) is 22.3 Å². The van der Waals surface area contributed by atoms with Crippen LogP contribution in [0.15, 0.2) is 127 Å². The van der Waals surface area contributed by atoms with Crippen LogP contribution in [0.4, 0.5) is 17.1 Å². The first-order valence-corrected chi connectivity index (χ1v) is 21.7. The van der Waals surface area contributed by atoms with Gasteiger partial charge in [0.25, 0.3) is 0 Å². The van der Waals surface area contributed by atoms with Crippen molar-refractivity contribution in [1.82, 2.24) is 0 Å². The zero-order valence-electron chi connectivity index (χ0n) is 30.9. The van der Waals surface area contributed by atoms with E-state index in [4.69, 9.17) is 0 Å². The third-order valence-corrected chi connectivity index (χ3v) is 16.8. The Labute approximate surface area is 322 Å². The molecule has 1 aromatic heterocycles. The predicted octanol–water partition coefficient (Wildman–Crippen LogP) is 14.5. The molecule has 7 aliphatic carbocycles. The largest absolute Gasteiger partial charge is 0.310 e. The van der Waals surface area contributed by atoms with Gasteiger partial charge in [0.1, 0.15) is 0 Å². The Morgan fingerprint density at radius 1 is 0.444 bits per heavy atom. The van der Waals surface area contributed by atoms with Gasteiger partial charge < -0.3 is 4.90 Å². The van der Waals surface area contributed by atoms with Gasteiger partial charge >= 0.3 is 0 Å². The summed E-state index contributed by atoms with van der Waals surface area (Å²) in [5, 5.41) is 2.73. The molecule has 7 aliphatic rings. The summed E-state index contributed by atoms with van der Waals surface area (Å²) in [4.78, 5) is 2.64. The van der Waals surface area contributed by atoms with Crippen molar-refractivity contribution in [2.24, 2.45) is 23.7 Å². The fourth-order valence-electron chi connectivity index (χ4n) is 13.9. The quantitative estimate of drug-likeness (QED) is 0.176. The summed E-state index contributed by atoms with van der Waals surface area (Å²) in [7, 11) is 0. The lowest BCUT2D eigenvalue weighted by Gasteiger charge is -2.61. The number of hydrogen-bond donors (Lipinski definition) is 0. The van der Waals surface area contributed by atoms with Gasteiger partial charge in [-0.1, -0.05) is 104 Å². The highest BCUT2D eigenvalue weighted by molar-refractivity contribution is 7.25. The monoisotopic (exact) mass is 715 g/mol. The molecule has 54 heavy (non-hydrogen) atoms. The van der Waals surface area contributed by atoms with Crippen LogP contribution in [0.2, 0.25) is 0 Å². The van der Waals surface area contributed by atoms with Crippen molar-refractivity contribution in [3.63, 3.8) is 0 Å². The predicted molar refractivity (Wildman–Crippen MR) is 227 cm³/mol. The number of thiophene rings is 1. The Morgan fingerprint density at radius 2 is 1.00 bits per heavy atom. The van der Waals surface area contributed by atoms with E-state index in [0.29, 0.717) is 0 Å². The van der Waals surface area contributed by atoms with Crippen LogP contribution >= 0.6 is 11.3 Å². The highest BCUT2D eigenvalue weighted by Crippen LogP contribution is 2.70. The molecule has 6 aromatic carbocycles. The van der Waals surface area contributed by atoms with Gasteiger partial charge in [-0.15, -0.1) is 11.3 Å². The molecule has 4 bridgehead atoms. The zero-order valence-corrected chi connectivity index (χ0v) is 31.7. The normalized spacial score (nSPS) is 26.4. The first-order chi connectivity index (χ1) is 26.7. The van der Waals surface area contributed by atoms with Crippen molar-refractivity contribution < 1.29 is 0 Å². The van der Waals surface area contributed by atoms with Crippen LogP contribution in [0.25, 0.3) is 42.4 Å². The minimum absolute atomic E-state index is 0.116. The first kappa shape index (κ1) is 30.6. The van der Waals surface area contributed by atoms with E-state index < -0.39 is 0 Å². The lowest BCUT2D eigenvalue weighted by Crippen LogP contribution is -2.55. The van der Waals surface area contributed by atoms with Gasteiger partial charge in [0.05, 0.1) is 0 Å². The van der Waals surface area contributed by atoms with Gasteiger partial charge in [-0.25, -0.2) is 0 Å². The molecule has 1 heterocycles. The molecule has 2 heteroatoms. The van der Waals surface area contributed by atoms with Crippen molar-refractivity contribution >= 4 is 48.6 Å². The molecule has 0 atom stereocenters. The molecule has 1 nitrogen and oxygen atoms in total. The first-order valence-electron chi connectivity index (χ1n) is 20.9. The molecule has 5 saturated carbocycles. The minimum atomic E-state index is 0.116. The second kappa shape index (κ2) is 11.0. The molecule has 0 radical (unpaired) electrons. The van der Waals surface area contributed by atoms with Crippen LogP contribution in [0.5, 0.6) is 0 Å². The van der Waals surface area contributed by atoms with E-state index >= 15 is 0 Å². The second-order valence-corrected chi connectivity index (χ2v) is 19.1. The molecule has 0 saturated heterocycles. The second-order valence-electron chi connectivity index (χ2n) is 18.0. The minimum Gasteiger partial charge on any atom is -0.310 e. The van der Waals surface area contributed by atoms with E-state index in [9.17, 15) is 0 Å². The maximum Gasteiger partial charge on any atom is 0.0476 e. The Balaban J connectivity index is 1.04. The van der Waals surface area contributed by atoms with Crippen LogP contribution in [-0.4, -0.2) is 0 Å². The Hall–Kier alpha value is -4.66. The Kier molecular flexibility index (Phi) is 6.23. The van der Waals surface area contributed by atoms with E-state index in [0.717, 1.165) is 23.7 Å². The fourth-order valence-corrected chi connectivity index (χ4v) is 15.0. The molecule has 264 valence electrons. The summed E-state index contributed by atoms with van der Waals surface area (Å²) in [5.41, 5.74) is 16.4. The van der Waals surface area contributed by atoms with Crippen molar-refractivity contribution in [2.75, 3.05) is 4.90 Å². The third kappa shape index (κ3) is 3.91. The van der Waals surface area contributed by atoms with Crippen LogP contribution in [0, 0.1) is 23.7 Å². The lowest BCUT2D eigenvalue weighted by molar-refractivity contribution is -0.0399. The highest BCUT2D eigenvalue weighted by atomic mass is 32.1. The number of anilines is 3. The summed E-state index contributed by atoms with van der Waals surface area (Å²) < 4.78 is 2.73. The van der Waals surface area contributed by atoms with E-state index in [1.807, 2.05) is 11.3 Å². The fraction of sp³-hybridized carbons (Fsp3) is 0.308. The third-order valence-electron chi connectivity index (χ3n) is 15.6. The van der Waals surface area contributed by atoms with Gasteiger partial charge in [-0.3, -0.25) is 0 Å². The topological polar surface area (TPSA) is 3.24 Å². The van der Waals surface area contributed by atoms with Gasteiger partial charge in [0.15, 0.2) is 0 Å². The molecular weight excluding hydrogens is 671 g/mol. The lowest BCUT2D eigenvalue weighted by atomic mass is 9.43. The molecule has 14 rings (SSSR count). The standard InChI is InChI=1S/C52H45NS/c1-8-22-51(23-9-1)45-13-5-2-10-39(45)41-19-16-36(29-47(41)51)53(38-18-21-44-43-12-4-7-15-49(43)54-50(44)31-38)37-17-20-42-40-11-3-6-14-46(40)52(48(42)30-37)34-25-32-24-33(27-34)28-35(52)26-32/h2-7,10-21,29-35H,1,8-9,22-28H2. The average molecular weight is 716 g/mol. The molecular formula is C52H45NS. The van der Waals surface area contributed by atoms with Crippen molar-refractivity contribution in [2.45, 2.75) is 75.0 Å². The number of hydrogen-bond acceptors (Lipinski definition) is 2. The van der Waals surface area contributed by atoms with Crippen molar-refractivity contribution in [1.29, 1.82) is 0 Å². The summed E-state index contributed by atoms with van der Waals surface area (Å²) in [6, 6.07) is 50.3. The SMILES string of the molecule is c1ccc2c(c1)-c1ccc(N(c3ccc4c(c3)C3(c5ccccc5-4)C4CC5CC(C4)CC3C5)c3ccc4c(c3)sc3ccccc34)cc1C21CCCCC1. The Morgan fingerprint density at radius 3 is 1.76 bits per heavy atom. The zero-order chi connectivity index (χ0) is 35.2. The molecule has 0 amide bonds. The number of nitrogens with zero attached hydrogens (tertiary/aromatic N) is 1. The number of rotatable bonds is 3. The molecule has 7 aromatic rings. The van der Waals surface area contributed by atoms with Crippen molar-refractivity contribution in [3.8, 4) is 22.3 Å². The van der Waals surface area contributed by atoms with E-state index in [1.165, 1.54) is 124 Å². The summed E-state index contributed by atoms with van der Waals surface area (Å²) in [5.74, 6) is 3.37. The summed E-state index contributed by atoms with van der Waals surface area (Å²) in [6.45, 7) is 0. The summed E-state index contributed by atoms with van der Waals surface area (Å²) >= 11 is 1.93. The number of benzene rings is 6. The Bertz CT molecular complexity index is 2660. The maximum atomic E-state index is 2.69. The maximum absolute atomic E-state index is 2.69. The van der Waals surface area contributed by atoms with Gasteiger partial charge in [0.2, 0.25) is 0 Å². The highest BCUT2D eigenvalue weighted by Gasteiger charge is 2.61. The van der Waals surface area contributed by atoms with Crippen molar-refractivity contribution in [3.05, 3.63) is 150 Å². The van der Waals surface area contributed by atoms with E-state index in [-0.39, 0.29) is 10.8 Å². The molecule has 0 unspecified atom stereocenters. The van der Waals surface area contributed by atoms with Crippen LogP contribution in [-0.2, 0) is 10.8 Å². The van der Waals surface area contributed by atoms with Crippen LogP contribution in [0.3, 0.4) is 0 Å². The molecule has 0 N–H and O–H groups in total. The van der Waals surface area contributed by atoms with E-state index in [2.05, 4.69) is 132 Å². The van der Waals surface area contributed by atoms with Crippen LogP contribution in [0.1, 0.15) is 86.5 Å².